The zero-order valence-electron chi connectivity index (χ0n) is 14.1. The number of nitrogens with one attached hydrogen (secondary N) is 1. The molecule has 1 aromatic rings. The first-order valence-corrected chi connectivity index (χ1v) is 8.94. The number of nitrogens with zero attached hydrogens (tertiary/aromatic N) is 1. The third-order valence-electron chi connectivity index (χ3n) is 5.58. The van der Waals surface area contributed by atoms with Crippen molar-refractivity contribution in [3.8, 4) is 5.75 Å². The van der Waals surface area contributed by atoms with Gasteiger partial charge in [-0.05, 0) is 42.9 Å². The first kappa shape index (κ1) is 15.4. The number of hydrogen-bond donors (Lipinski definition) is 1. The van der Waals surface area contributed by atoms with Crippen molar-refractivity contribution in [1.29, 1.82) is 0 Å². The Bertz CT molecular complexity index is 690. The van der Waals surface area contributed by atoms with Gasteiger partial charge in [-0.25, -0.2) is 0 Å². The lowest BCUT2D eigenvalue weighted by Crippen LogP contribution is -2.41. The van der Waals surface area contributed by atoms with Crippen LogP contribution >= 0.6 is 0 Å². The Morgan fingerprint density at radius 1 is 1.12 bits per heavy atom. The maximum Gasteiger partial charge on any atom is 0.166 e. The summed E-state index contributed by atoms with van der Waals surface area (Å²) in [6.45, 7) is 0. The molecule has 1 fully saturated rings. The summed E-state index contributed by atoms with van der Waals surface area (Å²) >= 11 is 0. The van der Waals surface area contributed by atoms with Crippen LogP contribution in [0.1, 0.15) is 50.0 Å². The van der Waals surface area contributed by atoms with E-state index in [0.717, 1.165) is 36.3 Å². The molecule has 0 bridgehead atoms. The van der Waals surface area contributed by atoms with Crippen LogP contribution in [-0.2, 0) is 4.79 Å². The van der Waals surface area contributed by atoms with Gasteiger partial charge in [0.2, 0.25) is 0 Å². The first-order chi connectivity index (χ1) is 11.7. The molecule has 126 valence electrons. The van der Waals surface area contributed by atoms with Crippen molar-refractivity contribution in [2.24, 2.45) is 4.99 Å². The van der Waals surface area contributed by atoms with E-state index in [0.29, 0.717) is 18.5 Å². The molecule has 0 aromatic heterocycles. The molecule has 1 aromatic carbocycles. The van der Waals surface area contributed by atoms with Crippen molar-refractivity contribution in [3.63, 3.8) is 0 Å². The van der Waals surface area contributed by atoms with Crippen LogP contribution in [0.15, 0.2) is 40.5 Å². The maximum atomic E-state index is 12.7. The van der Waals surface area contributed by atoms with Gasteiger partial charge in [0.1, 0.15) is 5.75 Å². The summed E-state index contributed by atoms with van der Waals surface area (Å²) in [5.74, 6) is 1.31. The molecule has 24 heavy (non-hydrogen) atoms. The van der Waals surface area contributed by atoms with Crippen LogP contribution in [0.25, 0.3) is 0 Å². The predicted molar refractivity (Wildman–Crippen MR) is 94.7 cm³/mol. The molecule has 4 nitrogen and oxygen atoms in total. The number of ether oxygens (including phenoxy) is 1. The molecule has 1 saturated carbocycles. The Balaban J connectivity index is 1.58. The second kappa shape index (κ2) is 6.42. The van der Waals surface area contributed by atoms with Gasteiger partial charge in [-0.3, -0.25) is 9.79 Å². The van der Waals surface area contributed by atoms with Crippen molar-refractivity contribution < 1.29 is 9.53 Å². The van der Waals surface area contributed by atoms with E-state index in [1.165, 1.54) is 18.4 Å². The highest BCUT2D eigenvalue weighted by Crippen LogP contribution is 2.36. The SMILES string of the molecule is COc1ccc([C@@H]2CC(=O)C3=C(C2)N[C@@H]2CCCC[C@H]2N=C3)cc1. The topological polar surface area (TPSA) is 50.7 Å². The van der Waals surface area contributed by atoms with Gasteiger partial charge in [0.05, 0.1) is 18.7 Å². The number of Topliss-reactive ketones (excluding diaryl/α,β-unsaturated/α-hetero) is 1. The molecule has 1 N–H and O–H groups in total. The second-order valence-corrected chi connectivity index (χ2v) is 7.07. The molecular formula is C20H24N2O2. The van der Waals surface area contributed by atoms with Gasteiger partial charge in [-0.15, -0.1) is 0 Å². The molecule has 0 unspecified atom stereocenters. The van der Waals surface area contributed by atoms with Gasteiger partial charge in [-0.1, -0.05) is 25.0 Å². The van der Waals surface area contributed by atoms with E-state index in [4.69, 9.17) is 9.73 Å². The van der Waals surface area contributed by atoms with Crippen LogP contribution in [-0.4, -0.2) is 31.2 Å². The van der Waals surface area contributed by atoms with Gasteiger partial charge in [0.15, 0.2) is 5.78 Å². The van der Waals surface area contributed by atoms with Crippen LogP contribution in [0.3, 0.4) is 0 Å². The van der Waals surface area contributed by atoms with E-state index in [1.54, 1.807) is 7.11 Å². The fourth-order valence-electron chi connectivity index (χ4n) is 4.18. The number of allylic oxidation sites excluding steroid dienone is 2. The van der Waals surface area contributed by atoms with Crippen molar-refractivity contribution in [2.75, 3.05) is 7.11 Å². The largest absolute Gasteiger partial charge is 0.497 e. The smallest absolute Gasteiger partial charge is 0.166 e. The average Bonchev–Trinajstić information content (AvgIpc) is 2.81. The minimum atomic E-state index is 0.215. The van der Waals surface area contributed by atoms with E-state index in [9.17, 15) is 4.79 Å². The standard InChI is InChI=1S/C20H24N2O2/c1-24-15-8-6-13(7-9-15)14-10-19-16(20(23)11-14)12-21-17-4-2-3-5-18(17)22-19/h6-9,12,14,17-18,22H,2-5,10-11H2,1H3/t14-,17+,18+/m0/s1. The minimum absolute atomic E-state index is 0.215. The number of carbonyl (C=O) groups is 1. The lowest BCUT2D eigenvalue weighted by Gasteiger charge is -2.32. The number of carbonyl (C=O) groups excluding carboxylic acids is 1. The number of fused-ring (bicyclic) bond motifs is 1. The van der Waals surface area contributed by atoms with Crippen molar-refractivity contribution in [1.82, 2.24) is 5.32 Å². The zero-order valence-corrected chi connectivity index (χ0v) is 14.1. The Kier molecular flexibility index (Phi) is 4.13. The number of aliphatic imine (C=N–C) groups is 1. The van der Waals surface area contributed by atoms with E-state index >= 15 is 0 Å². The number of ketones is 1. The molecule has 0 amide bonds. The molecule has 0 saturated heterocycles. The van der Waals surface area contributed by atoms with Gasteiger partial charge < -0.3 is 10.1 Å². The van der Waals surface area contributed by atoms with E-state index in [2.05, 4.69) is 17.4 Å². The van der Waals surface area contributed by atoms with Crippen LogP contribution in [0.5, 0.6) is 5.75 Å². The van der Waals surface area contributed by atoms with E-state index < -0.39 is 0 Å². The second-order valence-electron chi connectivity index (χ2n) is 7.07. The Morgan fingerprint density at radius 3 is 2.71 bits per heavy atom. The van der Waals surface area contributed by atoms with Crippen molar-refractivity contribution in [2.45, 2.75) is 56.5 Å². The summed E-state index contributed by atoms with van der Waals surface area (Å²) in [5, 5.41) is 3.68. The van der Waals surface area contributed by atoms with Crippen LogP contribution in [0.2, 0.25) is 0 Å². The number of hydrogen-bond acceptors (Lipinski definition) is 4. The average molecular weight is 324 g/mol. The fourth-order valence-corrected chi connectivity index (χ4v) is 4.18. The number of benzene rings is 1. The predicted octanol–water partition coefficient (Wildman–Crippen LogP) is 3.38. The highest BCUT2D eigenvalue weighted by molar-refractivity contribution is 6.15. The molecule has 3 atom stereocenters. The monoisotopic (exact) mass is 324 g/mol. The molecule has 3 aliphatic rings. The summed E-state index contributed by atoms with van der Waals surface area (Å²) in [6.07, 6.45) is 8.09. The molecule has 1 heterocycles. The highest BCUT2D eigenvalue weighted by atomic mass is 16.5. The minimum Gasteiger partial charge on any atom is -0.497 e. The summed E-state index contributed by atoms with van der Waals surface area (Å²) < 4.78 is 5.23. The lowest BCUT2D eigenvalue weighted by molar-refractivity contribution is -0.115. The maximum absolute atomic E-state index is 12.7. The third-order valence-corrected chi connectivity index (χ3v) is 5.58. The fraction of sp³-hybridized carbons (Fsp3) is 0.500. The highest BCUT2D eigenvalue weighted by Gasteiger charge is 2.33. The molecule has 0 spiro atoms. The number of methoxy groups -OCH3 is 1. The Hall–Kier alpha value is -2.10. The summed E-state index contributed by atoms with van der Waals surface area (Å²) in [6, 6.07) is 8.83. The van der Waals surface area contributed by atoms with Crippen LogP contribution in [0.4, 0.5) is 0 Å². The van der Waals surface area contributed by atoms with E-state index in [-0.39, 0.29) is 11.7 Å². The molecule has 1 aliphatic heterocycles. The van der Waals surface area contributed by atoms with Gasteiger partial charge in [-0.2, -0.15) is 0 Å². The first-order valence-electron chi connectivity index (χ1n) is 8.94. The van der Waals surface area contributed by atoms with Crippen molar-refractivity contribution >= 4 is 12.0 Å². The number of rotatable bonds is 2. The lowest BCUT2D eigenvalue weighted by atomic mass is 9.81. The molecule has 4 rings (SSSR count). The Labute approximate surface area is 143 Å². The quantitative estimate of drug-likeness (QED) is 0.907. The van der Waals surface area contributed by atoms with Gasteiger partial charge >= 0.3 is 0 Å². The van der Waals surface area contributed by atoms with Gasteiger partial charge in [0.25, 0.3) is 0 Å². The van der Waals surface area contributed by atoms with E-state index in [1.807, 2.05) is 18.3 Å². The van der Waals surface area contributed by atoms with Gasteiger partial charge in [0, 0.05) is 24.4 Å². The third kappa shape index (κ3) is 2.85. The molecular weight excluding hydrogens is 300 g/mol. The van der Waals surface area contributed by atoms with Crippen LogP contribution in [0, 0.1) is 0 Å². The summed E-state index contributed by atoms with van der Waals surface area (Å²) in [4.78, 5) is 17.4. The molecule has 2 aliphatic carbocycles. The summed E-state index contributed by atoms with van der Waals surface area (Å²) in [7, 11) is 1.67. The normalized spacial score (nSPS) is 29.4. The molecule has 0 radical (unpaired) electrons. The summed E-state index contributed by atoms with van der Waals surface area (Å²) in [5.41, 5.74) is 3.12. The van der Waals surface area contributed by atoms with Crippen LogP contribution < -0.4 is 10.1 Å². The Morgan fingerprint density at radius 2 is 1.92 bits per heavy atom. The molecule has 4 heteroatoms. The van der Waals surface area contributed by atoms with Crippen molar-refractivity contribution in [3.05, 3.63) is 41.1 Å². The zero-order chi connectivity index (χ0) is 16.5.